The van der Waals surface area contributed by atoms with Gasteiger partial charge in [0.15, 0.2) is 5.69 Å². The molecular weight excluding hydrogens is 338 g/mol. The first-order chi connectivity index (χ1) is 13.1. The van der Waals surface area contributed by atoms with E-state index in [1.54, 1.807) is 0 Å². The van der Waals surface area contributed by atoms with Gasteiger partial charge < -0.3 is 9.88 Å². The zero-order valence-electron chi connectivity index (χ0n) is 15.9. The van der Waals surface area contributed by atoms with Gasteiger partial charge in [0.2, 0.25) is 0 Å². The molecule has 2 aliphatic rings. The minimum Gasteiger partial charge on any atom is -0.340 e. The molecule has 3 aromatic rings. The summed E-state index contributed by atoms with van der Waals surface area (Å²) in [4.78, 5) is 23.5. The van der Waals surface area contributed by atoms with E-state index in [0.29, 0.717) is 5.69 Å². The Hall–Kier alpha value is -2.63. The minimum absolute atomic E-state index is 0.00135. The van der Waals surface area contributed by atoms with Crippen molar-refractivity contribution >= 4 is 16.9 Å². The van der Waals surface area contributed by atoms with Crippen LogP contribution in [0.5, 0.6) is 0 Å². The normalized spacial score (nSPS) is 19.6. The molecule has 27 heavy (non-hydrogen) atoms. The number of H-pyrrole nitrogens is 2. The summed E-state index contributed by atoms with van der Waals surface area (Å²) in [5, 5.41) is 7.49. The lowest BCUT2D eigenvalue weighted by Crippen LogP contribution is -2.32. The highest BCUT2D eigenvalue weighted by molar-refractivity contribution is 5.94. The molecule has 0 saturated carbocycles. The molecule has 0 spiro atoms. The van der Waals surface area contributed by atoms with E-state index in [4.69, 9.17) is 4.98 Å². The molecule has 3 heterocycles. The third kappa shape index (κ3) is 2.66. The summed E-state index contributed by atoms with van der Waals surface area (Å²) < 4.78 is 0. The highest BCUT2D eigenvalue weighted by Gasteiger charge is 2.35. The van der Waals surface area contributed by atoms with Crippen LogP contribution in [-0.4, -0.2) is 37.5 Å². The molecule has 0 radical (unpaired) electrons. The number of imidazole rings is 1. The predicted molar refractivity (Wildman–Crippen MR) is 104 cm³/mol. The van der Waals surface area contributed by atoms with E-state index in [1.807, 2.05) is 4.90 Å². The van der Waals surface area contributed by atoms with Gasteiger partial charge in [-0.3, -0.25) is 9.89 Å². The number of hydrogen-bond acceptors (Lipinski definition) is 3. The summed E-state index contributed by atoms with van der Waals surface area (Å²) in [5.74, 6) is 0.940. The van der Waals surface area contributed by atoms with E-state index in [0.717, 1.165) is 66.8 Å². The third-order valence-electron chi connectivity index (χ3n) is 6.20. The maximum Gasteiger partial charge on any atom is 0.275 e. The molecule has 2 N–H and O–H groups in total. The molecule has 1 atom stereocenters. The minimum atomic E-state index is 0.00135. The van der Waals surface area contributed by atoms with E-state index in [2.05, 4.69) is 41.2 Å². The first kappa shape index (κ1) is 16.5. The van der Waals surface area contributed by atoms with Gasteiger partial charge in [-0.05, 0) is 75.6 Å². The summed E-state index contributed by atoms with van der Waals surface area (Å²) in [6, 6.07) is 4.27. The van der Waals surface area contributed by atoms with Gasteiger partial charge in [-0.15, -0.1) is 0 Å². The Morgan fingerprint density at radius 2 is 1.96 bits per heavy atom. The van der Waals surface area contributed by atoms with E-state index >= 15 is 0 Å². The Morgan fingerprint density at radius 3 is 2.85 bits per heavy atom. The predicted octanol–water partition coefficient (Wildman–Crippen LogP) is 3.76. The van der Waals surface area contributed by atoms with Crippen LogP contribution < -0.4 is 0 Å². The van der Waals surface area contributed by atoms with E-state index in [1.165, 1.54) is 17.5 Å². The summed E-state index contributed by atoms with van der Waals surface area (Å²) in [5.41, 5.74) is 7.42. The second kappa shape index (κ2) is 6.22. The number of benzene rings is 1. The number of nitrogens with zero attached hydrogens (tertiary/aromatic N) is 3. The molecule has 1 aliphatic heterocycles. The van der Waals surface area contributed by atoms with E-state index in [-0.39, 0.29) is 11.9 Å². The number of fused-ring (bicyclic) bond motifs is 2. The first-order valence-electron chi connectivity index (χ1n) is 9.96. The fraction of sp³-hybridized carbons (Fsp3) is 0.476. The van der Waals surface area contributed by atoms with Crippen LogP contribution >= 0.6 is 0 Å². The lowest BCUT2D eigenvalue weighted by Gasteiger charge is -2.23. The number of aromatic nitrogens is 4. The number of likely N-dealkylation sites (tertiary alicyclic amines) is 1. The Balaban J connectivity index is 1.48. The first-order valence-corrected chi connectivity index (χ1v) is 9.96. The van der Waals surface area contributed by atoms with Gasteiger partial charge in [0, 0.05) is 17.8 Å². The highest BCUT2D eigenvalue weighted by Crippen LogP contribution is 2.34. The van der Waals surface area contributed by atoms with E-state index in [9.17, 15) is 4.79 Å². The Kier molecular flexibility index (Phi) is 3.81. The maximum atomic E-state index is 13.3. The lowest BCUT2D eigenvalue weighted by molar-refractivity contribution is 0.0723. The van der Waals surface area contributed by atoms with Crippen molar-refractivity contribution in [2.45, 2.75) is 58.4 Å². The van der Waals surface area contributed by atoms with Gasteiger partial charge in [-0.2, -0.15) is 5.10 Å². The average molecular weight is 363 g/mol. The molecule has 1 amide bonds. The summed E-state index contributed by atoms with van der Waals surface area (Å²) in [6.45, 7) is 4.98. The third-order valence-corrected chi connectivity index (χ3v) is 6.20. The number of nitrogens with one attached hydrogen (secondary N) is 2. The van der Waals surface area contributed by atoms with Crippen molar-refractivity contribution in [2.24, 2.45) is 0 Å². The number of carbonyl (C=O) groups excluding carboxylic acids is 1. The summed E-state index contributed by atoms with van der Waals surface area (Å²) in [6.07, 6.45) is 6.20. The molecule has 1 aromatic carbocycles. The van der Waals surface area contributed by atoms with Gasteiger partial charge >= 0.3 is 0 Å². The second-order valence-corrected chi connectivity index (χ2v) is 7.97. The Morgan fingerprint density at radius 1 is 1.15 bits per heavy atom. The van der Waals surface area contributed by atoms with Crippen LogP contribution in [0.3, 0.4) is 0 Å². The van der Waals surface area contributed by atoms with Crippen LogP contribution in [0.4, 0.5) is 0 Å². The van der Waals surface area contributed by atoms with Crippen LogP contribution in [0.2, 0.25) is 0 Å². The number of rotatable bonds is 2. The van der Waals surface area contributed by atoms with Crippen LogP contribution in [0.15, 0.2) is 12.1 Å². The number of aromatic amines is 2. The molecule has 0 bridgehead atoms. The highest BCUT2D eigenvalue weighted by atomic mass is 16.2. The zero-order valence-corrected chi connectivity index (χ0v) is 15.9. The topological polar surface area (TPSA) is 77.7 Å². The van der Waals surface area contributed by atoms with Gasteiger partial charge in [0.25, 0.3) is 5.91 Å². The molecule has 1 aliphatic carbocycles. The van der Waals surface area contributed by atoms with Crippen molar-refractivity contribution in [2.75, 3.05) is 6.54 Å². The Labute approximate surface area is 158 Å². The van der Waals surface area contributed by atoms with Crippen molar-refractivity contribution < 1.29 is 4.79 Å². The molecule has 6 nitrogen and oxygen atoms in total. The van der Waals surface area contributed by atoms with Crippen molar-refractivity contribution in [3.63, 3.8) is 0 Å². The van der Waals surface area contributed by atoms with Crippen molar-refractivity contribution in [3.05, 3.63) is 46.0 Å². The molecule has 6 heteroatoms. The van der Waals surface area contributed by atoms with Crippen LogP contribution in [0.25, 0.3) is 11.0 Å². The SMILES string of the molecule is Cc1cc2nc([C@@H]3CCCN3C(=O)c3n[nH]c4c3CCCC4)[nH]c2cc1C. The van der Waals surface area contributed by atoms with Crippen LogP contribution in [0.1, 0.15) is 70.4 Å². The molecule has 2 aromatic heterocycles. The molecule has 140 valence electrons. The fourth-order valence-electron chi connectivity index (χ4n) is 4.53. The fourth-order valence-corrected chi connectivity index (χ4v) is 4.53. The van der Waals surface area contributed by atoms with Gasteiger partial charge in [0.05, 0.1) is 17.1 Å². The molecule has 1 saturated heterocycles. The molecule has 5 rings (SSSR count). The second-order valence-electron chi connectivity index (χ2n) is 7.97. The number of carbonyl (C=O) groups is 1. The number of amides is 1. The van der Waals surface area contributed by atoms with Gasteiger partial charge in [-0.25, -0.2) is 4.98 Å². The zero-order chi connectivity index (χ0) is 18.5. The standard InChI is InChI=1S/C21H25N5O/c1-12-10-16-17(11-13(12)2)23-20(22-16)18-8-5-9-26(18)21(27)19-14-6-3-4-7-15(14)24-25-19/h10-11,18H,3-9H2,1-2H3,(H,22,23)(H,24,25)/t18-/m0/s1. The molecule has 1 fully saturated rings. The van der Waals surface area contributed by atoms with E-state index < -0.39 is 0 Å². The monoisotopic (exact) mass is 363 g/mol. The van der Waals surface area contributed by atoms with Gasteiger partial charge in [-0.1, -0.05) is 0 Å². The largest absolute Gasteiger partial charge is 0.340 e. The van der Waals surface area contributed by atoms with Crippen molar-refractivity contribution in [1.82, 2.24) is 25.1 Å². The van der Waals surface area contributed by atoms with Crippen LogP contribution in [0, 0.1) is 13.8 Å². The molecular formula is C21H25N5O. The van der Waals surface area contributed by atoms with Gasteiger partial charge in [0.1, 0.15) is 5.82 Å². The molecule has 0 unspecified atom stereocenters. The Bertz CT molecular complexity index is 992. The maximum absolute atomic E-state index is 13.3. The number of aryl methyl sites for hydroxylation is 3. The van der Waals surface area contributed by atoms with Crippen molar-refractivity contribution in [3.8, 4) is 0 Å². The smallest absolute Gasteiger partial charge is 0.275 e. The quantitative estimate of drug-likeness (QED) is 0.728. The lowest BCUT2D eigenvalue weighted by atomic mass is 9.95. The summed E-state index contributed by atoms with van der Waals surface area (Å²) >= 11 is 0. The van der Waals surface area contributed by atoms with Crippen molar-refractivity contribution in [1.29, 1.82) is 0 Å². The summed E-state index contributed by atoms with van der Waals surface area (Å²) in [7, 11) is 0. The van der Waals surface area contributed by atoms with Crippen LogP contribution in [-0.2, 0) is 12.8 Å². The number of hydrogen-bond donors (Lipinski definition) is 2. The average Bonchev–Trinajstić information content (AvgIpc) is 3.39.